The van der Waals surface area contributed by atoms with E-state index >= 15 is 0 Å². The van der Waals surface area contributed by atoms with Crippen molar-refractivity contribution in [3.63, 3.8) is 0 Å². The van der Waals surface area contributed by atoms with E-state index in [1.54, 1.807) is 53.6 Å². The fraction of sp³-hybridized carbons (Fsp3) is 0.231. The Labute approximate surface area is 191 Å². The van der Waals surface area contributed by atoms with Crippen molar-refractivity contribution in [1.29, 1.82) is 0 Å². The number of phenolic OH excluding ortho intramolecular Hbond substituents is 1. The van der Waals surface area contributed by atoms with Crippen LogP contribution in [0.4, 0.5) is 11.4 Å². The van der Waals surface area contributed by atoms with Gasteiger partial charge >= 0.3 is 0 Å². The van der Waals surface area contributed by atoms with Crippen LogP contribution in [0.1, 0.15) is 24.9 Å². The van der Waals surface area contributed by atoms with Crippen molar-refractivity contribution in [3.8, 4) is 11.5 Å². The van der Waals surface area contributed by atoms with Crippen molar-refractivity contribution in [2.75, 3.05) is 16.6 Å². The van der Waals surface area contributed by atoms with Gasteiger partial charge in [-0.15, -0.1) is 0 Å². The SMILES string of the molecule is CCCOc1ccc(N2C(=O)[C@@H]3[C@H](ON(c4ccccc4)[C@H]3c3ccc(O)cc3)C2=O)cc1. The van der Waals surface area contributed by atoms with Crippen LogP contribution in [0.3, 0.4) is 0 Å². The molecule has 0 radical (unpaired) electrons. The van der Waals surface area contributed by atoms with Gasteiger partial charge in [0.2, 0.25) is 5.91 Å². The molecule has 0 spiro atoms. The minimum absolute atomic E-state index is 0.126. The molecule has 2 aliphatic heterocycles. The van der Waals surface area contributed by atoms with Gasteiger partial charge in [-0.05, 0) is 60.5 Å². The maximum absolute atomic E-state index is 13.6. The summed E-state index contributed by atoms with van der Waals surface area (Å²) in [5.41, 5.74) is 2.01. The second kappa shape index (κ2) is 8.60. The van der Waals surface area contributed by atoms with Crippen LogP contribution in [0, 0.1) is 5.92 Å². The standard InChI is InChI=1S/C26H24N2O5/c1-2-16-32-21-14-10-18(11-15-21)27-25(30)22-23(17-8-12-20(29)13-9-17)28(33-24(22)26(27)31)19-6-4-3-5-7-19/h3-15,22-24,29H,2,16H2,1H3/t22-,23-,24-/m0/s1. The van der Waals surface area contributed by atoms with Crippen LogP contribution in [-0.2, 0) is 14.4 Å². The number of hydrogen-bond acceptors (Lipinski definition) is 6. The first kappa shape index (κ1) is 21.0. The van der Waals surface area contributed by atoms with Crippen LogP contribution in [0.15, 0.2) is 78.9 Å². The number of nitrogens with zero attached hydrogens (tertiary/aromatic N) is 2. The van der Waals surface area contributed by atoms with Gasteiger partial charge in [-0.1, -0.05) is 37.3 Å². The number of hydrogen-bond donors (Lipinski definition) is 1. The Hall–Kier alpha value is -3.84. The Morgan fingerprint density at radius 1 is 0.879 bits per heavy atom. The van der Waals surface area contributed by atoms with E-state index in [2.05, 4.69) is 0 Å². The predicted octanol–water partition coefficient (Wildman–Crippen LogP) is 4.23. The summed E-state index contributed by atoms with van der Waals surface area (Å²) in [5, 5.41) is 11.4. The molecule has 2 saturated heterocycles. The van der Waals surface area contributed by atoms with Gasteiger partial charge < -0.3 is 9.84 Å². The number of para-hydroxylation sites is 1. The van der Waals surface area contributed by atoms with Crippen LogP contribution in [-0.4, -0.2) is 29.6 Å². The first-order valence-corrected chi connectivity index (χ1v) is 11.0. The second-order valence-corrected chi connectivity index (χ2v) is 8.10. The fourth-order valence-corrected chi connectivity index (χ4v) is 4.39. The van der Waals surface area contributed by atoms with Gasteiger partial charge in [0.05, 0.1) is 24.0 Å². The maximum Gasteiger partial charge on any atom is 0.266 e. The smallest absolute Gasteiger partial charge is 0.266 e. The molecule has 2 aliphatic rings. The normalized spacial score (nSPS) is 22.0. The summed E-state index contributed by atoms with van der Waals surface area (Å²) in [6.07, 6.45) is -0.0465. The zero-order valence-electron chi connectivity index (χ0n) is 18.1. The molecular formula is C26H24N2O5. The van der Waals surface area contributed by atoms with Gasteiger partial charge in [0.25, 0.3) is 5.91 Å². The van der Waals surface area contributed by atoms with Crippen LogP contribution in [0.2, 0.25) is 0 Å². The summed E-state index contributed by atoms with van der Waals surface area (Å²) in [7, 11) is 0. The molecule has 2 fully saturated rings. The van der Waals surface area contributed by atoms with Gasteiger partial charge in [0.15, 0.2) is 6.10 Å². The Kier molecular flexibility index (Phi) is 5.48. The number of fused-ring (bicyclic) bond motifs is 1. The summed E-state index contributed by atoms with van der Waals surface area (Å²) in [6.45, 7) is 2.63. The third kappa shape index (κ3) is 3.70. The number of benzene rings is 3. The van der Waals surface area contributed by atoms with Crippen LogP contribution < -0.4 is 14.7 Å². The van der Waals surface area contributed by atoms with E-state index in [9.17, 15) is 14.7 Å². The van der Waals surface area contributed by atoms with Crippen LogP contribution >= 0.6 is 0 Å². The first-order chi connectivity index (χ1) is 16.1. The molecule has 0 bridgehead atoms. The molecule has 2 heterocycles. The van der Waals surface area contributed by atoms with E-state index in [-0.39, 0.29) is 11.7 Å². The monoisotopic (exact) mass is 444 g/mol. The first-order valence-electron chi connectivity index (χ1n) is 11.0. The molecule has 7 nitrogen and oxygen atoms in total. The highest BCUT2D eigenvalue weighted by atomic mass is 16.7. The Bertz CT molecular complexity index is 1150. The highest BCUT2D eigenvalue weighted by Gasteiger charge is 2.60. The molecule has 0 aromatic heterocycles. The highest BCUT2D eigenvalue weighted by Crippen LogP contribution is 2.47. The summed E-state index contributed by atoms with van der Waals surface area (Å²) < 4.78 is 5.61. The number of imide groups is 1. The molecule has 7 heteroatoms. The third-order valence-electron chi connectivity index (χ3n) is 5.93. The number of phenols is 1. The van der Waals surface area contributed by atoms with Crippen molar-refractivity contribution >= 4 is 23.2 Å². The molecule has 0 saturated carbocycles. The average Bonchev–Trinajstić information content (AvgIpc) is 3.35. The quantitative estimate of drug-likeness (QED) is 0.573. The summed E-state index contributed by atoms with van der Waals surface area (Å²) in [6, 6.07) is 22.4. The average molecular weight is 444 g/mol. The fourth-order valence-electron chi connectivity index (χ4n) is 4.39. The summed E-state index contributed by atoms with van der Waals surface area (Å²) >= 11 is 0. The van der Waals surface area contributed by atoms with E-state index in [0.29, 0.717) is 18.0 Å². The van der Waals surface area contributed by atoms with E-state index in [0.717, 1.165) is 17.7 Å². The highest BCUT2D eigenvalue weighted by molar-refractivity contribution is 6.23. The topological polar surface area (TPSA) is 79.3 Å². The molecule has 3 aromatic rings. The van der Waals surface area contributed by atoms with Gasteiger partial charge in [-0.3, -0.25) is 14.4 Å². The second-order valence-electron chi connectivity index (χ2n) is 8.10. The minimum Gasteiger partial charge on any atom is -0.508 e. The molecular weight excluding hydrogens is 420 g/mol. The third-order valence-corrected chi connectivity index (χ3v) is 5.93. The van der Waals surface area contributed by atoms with E-state index in [1.807, 2.05) is 37.3 Å². The predicted molar refractivity (Wildman–Crippen MR) is 123 cm³/mol. The van der Waals surface area contributed by atoms with Crippen molar-refractivity contribution in [2.24, 2.45) is 5.92 Å². The van der Waals surface area contributed by atoms with Crippen LogP contribution in [0.5, 0.6) is 11.5 Å². The Morgan fingerprint density at radius 2 is 1.58 bits per heavy atom. The van der Waals surface area contributed by atoms with Crippen molar-refractivity contribution in [1.82, 2.24) is 0 Å². The maximum atomic E-state index is 13.6. The summed E-state index contributed by atoms with van der Waals surface area (Å²) in [5.74, 6) is -0.619. The zero-order chi connectivity index (χ0) is 22.9. The molecule has 0 unspecified atom stereocenters. The molecule has 1 N–H and O–H groups in total. The number of rotatable bonds is 6. The molecule has 2 amide bonds. The molecule has 33 heavy (non-hydrogen) atoms. The number of carbonyl (C=O) groups is 2. The Morgan fingerprint density at radius 3 is 2.24 bits per heavy atom. The number of anilines is 2. The lowest BCUT2D eigenvalue weighted by molar-refractivity contribution is -0.126. The number of carbonyl (C=O) groups excluding carboxylic acids is 2. The minimum atomic E-state index is -0.937. The lowest BCUT2D eigenvalue weighted by atomic mass is 9.90. The van der Waals surface area contributed by atoms with E-state index in [4.69, 9.17) is 9.57 Å². The van der Waals surface area contributed by atoms with Gasteiger partial charge in [0.1, 0.15) is 17.4 Å². The Balaban J connectivity index is 1.49. The van der Waals surface area contributed by atoms with Gasteiger partial charge in [-0.25, -0.2) is 9.96 Å². The number of ether oxygens (including phenoxy) is 1. The van der Waals surface area contributed by atoms with Crippen molar-refractivity contribution < 1.29 is 24.3 Å². The lowest BCUT2D eigenvalue weighted by Crippen LogP contribution is -2.37. The number of amides is 2. The molecule has 168 valence electrons. The molecule has 0 aliphatic carbocycles. The molecule has 3 aromatic carbocycles. The molecule has 5 rings (SSSR count). The summed E-state index contributed by atoms with van der Waals surface area (Å²) in [4.78, 5) is 34.3. The number of hydroxylamine groups is 1. The van der Waals surface area contributed by atoms with Crippen molar-refractivity contribution in [3.05, 3.63) is 84.4 Å². The molecule has 3 atom stereocenters. The van der Waals surface area contributed by atoms with Gasteiger partial charge in [0, 0.05) is 0 Å². The lowest BCUT2D eigenvalue weighted by Gasteiger charge is -2.28. The zero-order valence-corrected chi connectivity index (χ0v) is 18.1. The van der Waals surface area contributed by atoms with Crippen molar-refractivity contribution in [2.45, 2.75) is 25.5 Å². The van der Waals surface area contributed by atoms with E-state index in [1.165, 1.54) is 4.90 Å². The van der Waals surface area contributed by atoms with Gasteiger partial charge in [-0.2, -0.15) is 0 Å². The van der Waals surface area contributed by atoms with E-state index < -0.39 is 24.0 Å². The number of aromatic hydroxyl groups is 1. The largest absolute Gasteiger partial charge is 0.508 e. The van der Waals surface area contributed by atoms with Crippen LogP contribution in [0.25, 0.3) is 0 Å².